The van der Waals surface area contributed by atoms with Gasteiger partial charge in [-0.15, -0.1) is 0 Å². The Bertz CT molecular complexity index is 1800. The molecular weight excluding hydrogens is 859 g/mol. The van der Waals surface area contributed by atoms with Gasteiger partial charge in [0, 0.05) is 51.4 Å². The Morgan fingerprint density at radius 3 is 2.24 bits per heavy atom. The van der Waals surface area contributed by atoms with Gasteiger partial charge < -0.3 is 43.9 Å². The van der Waals surface area contributed by atoms with E-state index in [1.54, 1.807) is 34.0 Å². The number of fused-ring (bicyclic) bond motifs is 3. The quantitative estimate of drug-likeness (QED) is 0.135. The first-order chi connectivity index (χ1) is 31.6. The van der Waals surface area contributed by atoms with Gasteiger partial charge in [0.05, 0.1) is 30.5 Å². The molecular formula is C53H83NO13. The molecule has 0 spiro atoms. The van der Waals surface area contributed by atoms with E-state index in [4.69, 9.17) is 23.7 Å². The SMILES string of the molecule is CO[C@@H]1C[C@H](C[C@@H](C)[C@@H]2CC(=O)[C@H](C)/C=C(\C)[C@@H](O)[C@@H](OC)C(=O)[C@H](C)C[C@H](C)/C=C/C=C/C=C(\C)[C@H](OC(C)C)C[C@@H]3CC[C@@H](C)[C@@](O)(O3)C(=O)C(=O)N3CCCC[C@H]3C(=O)O2)CC[C@H]1O. The van der Waals surface area contributed by atoms with Crippen molar-refractivity contribution in [3.8, 4) is 0 Å². The van der Waals surface area contributed by atoms with Gasteiger partial charge in [0.1, 0.15) is 30.1 Å². The van der Waals surface area contributed by atoms with Gasteiger partial charge in [-0.3, -0.25) is 19.2 Å². The predicted molar refractivity (Wildman–Crippen MR) is 254 cm³/mol. The number of amides is 1. The van der Waals surface area contributed by atoms with E-state index < -0.39 is 83.9 Å². The summed E-state index contributed by atoms with van der Waals surface area (Å²) in [6, 6.07) is -1.14. The lowest BCUT2D eigenvalue weighted by molar-refractivity contribution is -0.266. The van der Waals surface area contributed by atoms with E-state index >= 15 is 0 Å². The topological polar surface area (TPSA) is 195 Å². The van der Waals surface area contributed by atoms with Crippen LogP contribution in [0.3, 0.4) is 0 Å². The smallest absolute Gasteiger partial charge is 0.329 e. The van der Waals surface area contributed by atoms with Crippen LogP contribution in [0, 0.1) is 35.5 Å². The fourth-order valence-electron chi connectivity index (χ4n) is 10.3. The number of methoxy groups -OCH3 is 2. The Morgan fingerprint density at radius 1 is 0.851 bits per heavy atom. The molecule has 0 radical (unpaired) electrons. The molecule has 3 N–H and O–H groups in total. The Balaban J connectivity index is 1.72. The maximum atomic E-state index is 14.4. The largest absolute Gasteiger partial charge is 0.460 e. The number of carbonyl (C=O) groups is 5. The van der Waals surface area contributed by atoms with E-state index in [0.29, 0.717) is 63.4 Å². The fraction of sp³-hybridized carbons (Fsp3) is 0.755. The molecule has 1 aliphatic carbocycles. The second-order valence-corrected chi connectivity index (χ2v) is 20.5. The monoisotopic (exact) mass is 942 g/mol. The molecule has 4 aliphatic rings. The number of ketones is 3. The molecule has 14 heteroatoms. The Morgan fingerprint density at radius 2 is 1.57 bits per heavy atom. The van der Waals surface area contributed by atoms with Crippen LogP contribution in [0.2, 0.25) is 0 Å². The molecule has 0 unspecified atom stereocenters. The highest BCUT2D eigenvalue weighted by Crippen LogP contribution is 2.38. The van der Waals surface area contributed by atoms with E-state index in [0.717, 1.165) is 12.0 Å². The van der Waals surface area contributed by atoms with Crippen LogP contribution in [0.1, 0.15) is 139 Å². The zero-order valence-electron chi connectivity index (χ0n) is 42.2. The minimum Gasteiger partial charge on any atom is -0.460 e. The van der Waals surface area contributed by atoms with Crippen LogP contribution < -0.4 is 0 Å². The second-order valence-electron chi connectivity index (χ2n) is 20.5. The van der Waals surface area contributed by atoms with Crippen molar-refractivity contribution in [2.24, 2.45) is 35.5 Å². The zero-order valence-corrected chi connectivity index (χ0v) is 42.2. The Kier molecular flexibility index (Phi) is 21.8. The fourth-order valence-corrected chi connectivity index (χ4v) is 10.3. The molecule has 1 amide bonds. The number of aliphatic hydroxyl groups is 3. The summed E-state index contributed by atoms with van der Waals surface area (Å²) in [5.41, 5.74) is 1.28. The first kappa shape index (κ1) is 56.2. The van der Waals surface area contributed by atoms with E-state index in [1.807, 2.05) is 71.9 Å². The molecule has 1 saturated carbocycles. The molecule has 4 rings (SSSR count). The molecule has 15 atom stereocenters. The van der Waals surface area contributed by atoms with E-state index in [9.17, 15) is 39.3 Å². The number of esters is 1. The maximum absolute atomic E-state index is 14.4. The molecule has 2 bridgehead atoms. The summed E-state index contributed by atoms with van der Waals surface area (Å²) in [7, 11) is 2.95. The predicted octanol–water partition coefficient (Wildman–Crippen LogP) is 6.96. The van der Waals surface area contributed by atoms with Crippen molar-refractivity contribution >= 4 is 29.2 Å². The third kappa shape index (κ3) is 15.3. The maximum Gasteiger partial charge on any atom is 0.329 e. The molecule has 3 aliphatic heterocycles. The van der Waals surface area contributed by atoms with Gasteiger partial charge in [-0.25, -0.2) is 4.79 Å². The molecule has 67 heavy (non-hydrogen) atoms. The van der Waals surface area contributed by atoms with E-state index in [-0.39, 0.29) is 60.9 Å². The number of ether oxygens (including phenoxy) is 5. The van der Waals surface area contributed by atoms with Crippen LogP contribution in [-0.4, -0.2) is 131 Å². The van der Waals surface area contributed by atoms with Crippen molar-refractivity contribution in [1.29, 1.82) is 0 Å². The molecule has 0 aromatic heterocycles. The number of carbonyl (C=O) groups excluding carboxylic acids is 5. The molecule has 14 nitrogen and oxygen atoms in total. The van der Waals surface area contributed by atoms with Gasteiger partial charge in [-0.1, -0.05) is 71.1 Å². The average molecular weight is 942 g/mol. The molecule has 3 fully saturated rings. The van der Waals surface area contributed by atoms with Gasteiger partial charge in [-0.05, 0) is 121 Å². The number of piperidine rings is 1. The third-order valence-electron chi connectivity index (χ3n) is 14.6. The summed E-state index contributed by atoms with van der Waals surface area (Å²) < 4.78 is 30.0. The minimum absolute atomic E-state index is 0.0150. The van der Waals surface area contributed by atoms with Gasteiger partial charge in [0.2, 0.25) is 5.79 Å². The van der Waals surface area contributed by atoms with Crippen LogP contribution in [0.25, 0.3) is 0 Å². The lowest BCUT2D eigenvalue weighted by Gasteiger charge is -2.43. The number of aliphatic hydroxyl groups excluding tert-OH is 2. The van der Waals surface area contributed by atoms with Crippen molar-refractivity contribution in [2.45, 2.75) is 200 Å². The average Bonchev–Trinajstić information content (AvgIpc) is 3.29. The number of rotatable bonds is 7. The van der Waals surface area contributed by atoms with Crippen LogP contribution >= 0.6 is 0 Å². The number of hydrogen-bond donors (Lipinski definition) is 3. The Labute approximate surface area is 399 Å². The summed E-state index contributed by atoms with van der Waals surface area (Å²) in [5, 5.41) is 34.0. The minimum atomic E-state index is -2.44. The summed E-state index contributed by atoms with van der Waals surface area (Å²) in [4.78, 5) is 72.1. The normalized spacial score (nSPS) is 39.7. The van der Waals surface area contributed by atoms with Crippen molar-refractivity contribution in [2.75, 3.05) is 20.8 Å². The van der Waals surface area contributed by atoms with E-state index in [1.165, 1.54) is 12.0 Å². The first-order valence-corrected chi connectivity index (χ1v) is 24.9. The number of cyclic esters (lactones) is 1. The van der Waals surface area contributed by atoms with Gasteiger partial charge in [0.15, 0.2) is 5.78 Å². The summed E-state index contributed by atoms with van der Waals surface area (Å²) in [6.45, 7) is 16.6. The lowest BCUT2D eigenvalue weighted by Crippen LogP contribution is -2.61. The third-order valence-corrected chi connectivity index (χ3v) is 14.6. The van der Waals surface area contributed by atoms with Gasteiger partial charge >= 0.3 is 5.97 Å². The van der Waals surface area contributed by atoms with Crippen molar-refractivity contribution in [3.63, 3.8) is 0 Å². The van der Waals surface area contributed by atoms with Crippen molar-refractivity contribution in [3.05, 3.63) is 47.6 Å². The van der Waals surface area contributed by atoms with Crippen molar-refractivity contribution < 1.29 is 63.0 Å². The van der Waals surface area contributed by atoms with Crippen LogP contribution in [-0.2, 0) is 47.7 Å². The van der Waals surface area contributed by atoms with Crippen LogP contribution in [0.5, 0.6) is 0 Å². The van der Waals surface area contributed by atoms with Crippen LogP contribution in [0.15, 0.2) is 47.6 Å². The first-order valence-electron chi connectivity index (χ1n) is 24.9. The van der Waals surface area contributed by atoms with Gasteiger partial charge in [-0.2, -0.15) is 0 Å². The van der Waals surface area contributed by atoms with Gasteiger partial charge in [0.25, 0.3) is 11.7 Å². The van der Waals surface area contributed by atoms with Crippen molar-refractivity contribution in [1.82, 2.24) is 4.90 Å². The highest BCUT2D eigenvalue weighted by atomic mass is 16.6. The molecule has 0 aromatic carbocycles. The molecule has 2 saturated heterocycles. The summed E-state index contributed by atoms with van der Waals surface area (Å²) >= 11 is 0. The summed E-state index contributed by atoms with van der Waals surface area (Å²) in [6.07, 6.45) is 11.1. The second kappa shape index (κ2) is 26.0. The zero-order chi connectivity index (χ0) is 49.7. The number of nitrogens with zero attached hydrogens (tertiary/aromatic N) is 1. The standard InChI is InChI=1S/C53H83NO13/c1-31(2)65-44-29-40-22-20-38(9)53(62,67-40)50(59)51(60)54-24-16-15-19-41(54)52(61)66-45(35(6)27-39-21-23-42(55)46(28-39)63-10)30-43(56)34(5)26-37(8)48(58)49(64-11)47(57)36(7)25-32(3)17-13-12-14-18-33(44)4/h12-14,17-18,26,31-32,34-36,38-42,44-46,48-49,55,58,62H,15-16,19-25,27-30H2,1-11H3/b14-12+,17-13+,33-18+,37-26+/t32-,34-,35-,36-,38-,39+,40+,41+,42-,44-,45+,46-,48-,49+,53-/m1/s1. The highest BCUT2D eigenvalue weighted by Gasteiger charge is 2.53. The number of allylic oxidation sites excluding steroid dienone is 6. The molecule has 0 aromatic rings. The number of hydrogen-bond acceptors (Lipinski definition) is 13. The summed E-state index contributed by atoms with van der Waals surface area (Å²) in [5.74, 6) is -7.98. The Hall–Kier alpha value is -3.37. The lowest BCUT2D eigenvalue weighted by atomic mass is 9.78. The highest BCUT2D eigenvalue weighted by molar-refractivity contribution is 6.39. The molecule has 3 heterocycles. The number of Topliss-reactive ketones (excluding diaryl/α,β-unsaturated/α-hetero) is 3. The van der Waals surface area contributed by atoms with Crippen LogP contribution in [0.4, 0.5) is 0 Å². The van der Waals surface area contributed by atoms with E-state index in [2.05, 4.69) is 0 Å². The molecule has 378 valence electrons.